The number of carbonyl (C=O) groups is 2. The number of hydrogen-bond donors (Lipinski definition) is 4. The van der Waals surface area contributed by atoms with Gasteiger partial charge in [-0.05, 0) is 27.2 Å². The van der Waals surface area contributed by atoms with Crippen LogP contribution in [0.5, 0.6) is 0 Å². The summed E-state index contributed by atoms with van der Waals surface area (Å²) in [5.41, 5.74) is -0.772. The van der Waals surface area contributed by atoms with Gasteiger partial charge in [-0.15, -0.1) is 0 Å². The summed E-state index contributed by atoms with van der Waals surface area (Å²) in [5, 5.41) is 4.18. The van der Waals surface area contributed by atoms with Crippen LogP contribution in [0.1, 0.15) is 29.9 Å². The van der Waals surface area contributed by atoms with Gasteiger partial charge in [0.2, 0.25) is 5.91 Å². The fourth-order valence-corrected chi connectivity index (χ4v) is 1.68. The van der Waals surface area contributed by atoms with Gasteiger partial charge in [0.1, 0.15) is 11.6 Å². The van der Waals surface area contributed by atoms with Gasteiger partial charge in [-0.3, -0.25) is 9.35 Å². The van der Waals surface area contributed by atoms with Crippen molar-refractivity contribution in [3.63, 3.8) is 0 Å². The van der Waals surface area contributed by atoms with E-state index in [4.69, 9.17) is 12.0 Å². The average molecular weight is 344 g/mol. The zero-order valence-corrected chi connectivity index (χ0v) is 13.8. The highest BCUT2D eigenvalue weighted by atomic mass is 32.2. The van der Waals surface area contributed by atoms with Gasteiger partial charge >= 0.3 is 6.09 Å². The second-order valence-corrected chi connectivity index (χ2v) is 7.02. The molecule has 8 nitrogen and oxygen atoms in total. The largest absolute Gasteiger partial charge is 0.444 e. The van der Waals surface area contributed by atoms with Crippen LogP contribution in [0.3, 0.4) is 0 Å². The summed E-state index contributed by atoms with van der Waals surface area (Å²) in [6, 6.07) is -1.17. The number of ether oxygens (including phenoxy) is 1. The summed E-state index contributed by atoms with van der Waals surface area (Å²) < 4.78 is 49.9. The van der Waals surface area contributed by atoms with Gasteiger partial charge in [0.25, 0.3) is 10.1 Å². The number of hydrogen-bond acceptors (Lipinski definition) is 6. The molecule has 10 heteroatoms. The van der Waals surface area contributed by atoms with Crippen molar-refractivity contribution in [3.05, 3.63) is 0 Å². The number of rotatable bonds is 7. The van der Waals surface area contributed by atoms with Crippen molar-refractivity contribution in [2.75, 3.05) is 18.0 Å². The van der Waals surface area contributed by atoms with Crippen LogP contribution < -0.4 is 10.6 Å². The Hall–Kier alpha value is -1.00. The predicted octanol–water partition coefficient (Wildman–Crippen LogP) is 0.204. The third-order valence-corrected chi connectivity index (χ3v) is 2.97. The van der Waals surface area contributed by atoms with E-state index in [1.165, 1.54) is 0 Å². The first kappa shape index (κ1) is 16.4. The first-order chi connectivity index (χ1) is 10.2. The van der Waals surface area contributed by atoms with E-state index in [0.717, 1.165) is 0 Å². The van der Waals surface area contributed by atoms with Crippen molar-refractivity contribution in [3.8, 4) is 0 Å². The zero-order chi connectivity index (χ0) is 18.5. The molecular formula is C11H22N2O6S2. The van der Waals surface area contributed by atoms with Crippen molar-refractivity contribution in [2.45, 2.75) is 38.8 Å². The van der Waals surface area contributed by atoms with E-state index in [1.54, 1.807) is 20.8 Å². The molecule has 0 unspecified atom stereocenters. The molecule has 1 atom stereocenters. The molecular weight excluding hydrogens is 320 g/mol. The lowest BCUT2D eigenvalue weighted by Crippen LogP contribution is -2.49. The van der Waals surface area contributed by atoms with E-state index < -0.39 is 52.4 Å². The third-order valence-electron chi connectivity index (χ3n) is 1.89. The second kappa shape index (κ2) is 8.44. The van der Waals surface area contributed by atoms with Crippen molar-refractivity contribution >= 4 is 34.7 Å². The third kappa shape index (κ3) is 11.3. The van der Waals surface area contributed by atoms with Crippen LogP contribution in [0, 0.1) is 0 Å². The first-order valence-corrected chi connectivity index (χ1v) is 8.27. The smallest absolute Gasteiger partial charge is 0.408 e. The van der Waals surface area contributed by atoms with Crippen molar-refractivity contribution in [1.29, 1.82) is 0 Å². The standard InChI is InChI=1S/C11H22N2O6S2/c1-11(2,3)19-10(15)13-8(7-20)9(14)12-5-4-6-21(16,17)18/h8,20H,4-7H2,1-3H3,(H,12,14)(H,13,15)(H,16,17,18)/t8-/m0/s1/i5D2. The summed E-state index contributed by atoms with van der Waals surface area (Å²) >= 11 is 3.90. The topological polar surface area (TPSA) is 122 Å². The number of nitrogens with one attached hydrogen (secondary N) is 2. The fraction of sp³-hybridized carbons (Fsp3) is 0.818. The molecule has 2 amide bonds. The van der Waals surface area contributed by atoms with Gasteiger partial charge in [0.15, 0.2) is 0 Å². The highest BCUT2D eigenvalue weighted by Gasteiger charge is 2.23. The Balaban J connectivity index is 4.68. The SMILES string of the molecule is [2H]C([2H])(CCS(=O)(=O)O)NC(=O)[C@H](CS)NC(=O)OC(C)(C)C. The van der Waals surface area contributed by atoms with Gasteiger partial charge in [-0.25, -0.2) is 4.79 Å². The molecule has 21 heavy (non-hydrogen) atoms. The van der Waals surface area contributed by atoms with Crippen LogP contribution in [0.2, 0.25) is 0 Å². The van der Waals surface area contributed by atoms with Crippen molar-refractivity contribution in [1.82, 2.24) is 10.6 Å². The Morgan fingerprint density at radius 1 is 1.43 bits per heavy atom. The lowest BCUT2D eigenvalue weighted by Gasteiger charge is -2.22. The van der Waals surface area contributed by atoms with Gasteiger partial charge in [0.05, 0.1) is 5.75 Å². The molecule has 0 aliphatic carbocycles. The predicted molar refractivity (Wildman–Crippen MR) is 81.1 cm³/mol. The monoisotopic (exact) mass is 344 g/mol. The van der Waals surface area contributed by atoms with E-state index in [2.05, 4.69) is 17.9 Å². The molecule has 0 aliphatic rings. The van der Waals surface area contributed by atoms with E-state index in [1.807, 2.05) is 5.32 Å². The Bertz CT molecular complexity index is 533. The van der Waals surface area contributed by atoms with Crippen LogP contribution >= 0.6 is 12.6 Å². The summed E-state index contributed by atoms with van der Waals surface area (Å²) in [5.74, 6) is -1.88. The summed E-state index contributed by atoms with van der Waals surface area (Å²) in [7, 11) is -4.35. The molecule has 0 radical (unpaired) electrons. The summed E-state index contributed by atoms with van der Waals surface area (Å²) in [6.07, 6.45) is -1.52. The molecule has 0 spiro atoms. The summed E-state index contributed by atoms with van der Waals surface area (Å²) in [6.45, 7) is 2.52. The zero-order valence-electron chi connectivity index (χ0n) is 14.0. The summed E-state index contributed by atoms with van der Waals surface area (Å²) in [4.78, 5) is 23.5. The molecule has 0 bridgehead atoms. The second-order valence-electron chi connectivity index (χ2n) is 5.08. The normalized spacial score (nSPS) is 15.5. The van der Waals surface area contributed by atoms with Gasteiger partial charge in [-0.2, -0.15) is 21.0 Å². The molecule has 124 valence electrons. The van der Waals surface area contributed by atoms with E-state index in [9.17, 15) is 18.0 Å². The van der Waals surface area contributed by atoms with Gasteiger partial charge < -0.3 is 15.4 Å². The maximum atomic E-state index is 11.9. The molecule has 0 fully saturated rings. The fourth-order valence-electron chi connectivity index (χ4n) is 1.06. The van der Waals surface area contributed by atoms with Crippen LogP contribution in [0.15, 0.2) is 0 Å². The Kier molecular flexibility index (Phi) is 6.58. The minimum atomic E-state index is -4.35. The molecule has 0 heterocycles. The number of carbonyl (C=O) groups excluding carboxylic acids is 2. The average Bonchev–Trinajstić information content (AvgIpc) is 2.30. The highest BCUT2D eigenvalue weighted by Crippen LogP contribution is 2.06. The Labute approximate surface area is 133 Å². The van der Waals surface area contributed by atoms with E-state index in [0.29, 0.717) is 0 Å². The molecule has 0 saturated heterocycles. The van der Waals surface area contributed by atoms with Crippen molar-refractivity contribution in [2.24, 2.45) is 0 Å². The molecule has 0 aromatic rings. The molecule has 0 saturated carbocycles. The number of alkyl carbamates (subject to hydrolysis) is 1. The van der Waals surface area contributed by atoms with E-state index >= 15 is 0 Å². The van der Waals surface area contributed by atoms with Crippen LogP contribution in [-0.4, -0.2) is 54.6 Å². The van der Waals surface area contributed by atoms with Crippen LogP contribution in [0.4, 0.5) is 4.79 Å². The maximum Gasteiger partial charge on any atom is 0.408 e. The van der Waals surface area contributed by atoms with E-state index in [-0.39, 0.29) is 5.75 Å². The quantitative estimate of drug-likeness (QED) is 0.387. The number of amides is 2. The Morgan fingerprint density at radius 2 is 2.00 bits per heavy atom. The minimum absolute atomic E-state index is 0.126. The van der Waals surface area contributed by atoms with Crippen LogP contribution in [-0.2, 0) is 19.6 Å². The first-order valence-electron chi connectivity index (χ1n) is 7.03. The number of thiol groups is 1. The lowest BCUT2D eigenvalue weighted by atomic mass is 10.2. The lowest BCUT2D eigenvalue weighted by molar-refractivity contribution is -0.122. The maximum absolute atomic E-state index is 11.9. The minimum Gasteiger partial charge on any atom is -0.444 e. The van der Waals surface area contributed by atoms with Crippen molar-refractivity contribution < 1.29 is 30.0 Å². The molecule has 0 rings (SSSR count). The van der Waals surface area contributed by atoms with Gasteiger partial charge in [0, 0.05) is 15.0 Å². The highest BCUT2D eigenvalue weighted by molar-refractivity contribution is 7.85. The van der Waals surface area contributed by atoms with Gasteiger partial charge in [-0.1, -0.05) is 0 Å². The molecule has 3 N–H and O–H groups in total. The molecule has 0 aromatic carbocycles. The molecule has 0 aliphatic heterocycles. The Morgan fingerprint density at radius 3 is 2.43 bits per heavy atom. The molecule has 0 aromatic heterocycles. The van der Waals surface area contributed by atoms with Crippen LogP contribution in [0.25, 0.3) is 0 Å².